The Balaban J connectivity index is 2.57. The van der Waals surface area contributed by atoms with Crippen LogP contribution in [0.3, 0.4) is 0 Å². The van der Waals surface area contributed by atoms with Gasteiger partial charge in [0.25, 0.3) is 0 Å². The number of ether oxygens (including phenoxy) is 1. The molecule has 0 radical (unpaired) electrons. The largest absolute Gasteiger partial charge is 0.493 e. The van der Waals surface area contributed by atoms with E-state index < -0.39 is 0 Å². The van der Waals surface area contributed by atoms with E-state index >= 15 is 0 Å². The number of hydrogen-bond acceptors (Lipinski definition) is 3. The summed E-state index contributed by atoms with van der Waals surface area (Å²) in [5.74, 6) is 0.879. The van der Waals surface area contributed by atoms with Gasteiger partial charge < -0.3 is 15.0 Å². The smallest absolute Gasteiger partial charge is 0.225 e. The standard InChI is InChI=1S/C16H25FN2O2/c1-12(2)10-18-11-13-9-14(17)5-6-15(13)21-8-7-16(20)19(3)4/h5-6,9,12,18H,7-8,10-11H2,1-4H3. The highest BCUT2D eigenvalue weighted by molar-refractivity contribution is 5.75. The molecule has 0 spiro atoms. The number of nitrogens with zero attached hydrogens (tertiary/aromatic N) is 1. The summed E-state index contributed by atoms with van der Waals surface area (Å²) in [5.41, 5.74) is 0.771. The van der Waals surface area contributed by atoms with Crippen LogP contribution in [0.15, 0.2) is 18.2 Å². The zero-order chi connectivity index (χ0) is 15.8. The molecule has 0 saturated carbocycles. The van der Waals surface area contributed by atoms with E-state index in [-0.39, 0.29) is 11.7 Å². The average Bonchev–Trinajstić information content (AvgIpc) is 2.40. The van der Waals surface area contributed by atoms with Crippen molar-refractivity contribution in [2.24, 2.45) is 5.92 Å². The predicted molar refractivity (Wildman–Crippen MR) is 81.8 cm³/mol. The Hall–Kier alpha value is -1.62. The Kier molecular flexibility index (Phi) is 7.15. The first kappa shape index (κ1) is 17.4. The van der Waals surface area contributed by atoms with Crippen molar-refractivity contribution in [3.63, 3.8) is 0 Å². The molecule has 0 atom stereocenters. The fraction of sp³-hybridized carbons (Fsp3) is 0.562. The quantitative estimate of drug-likeness (QED) is 0.801. The molecule has 0 unspecified atom stereocenters. The van der Waals surface area contributed by atoms with Gasteiger partial charge in [-0.3, -0.25) is 4.79 Å². The summed E-state index contributed by atoms with van der Waals surface area (Å²) in [6.45, 7) is 5.92. The summed E-state index contributed by atoms with van der Waals surface area (Å²) in [6.07, 6.45) is 0.309. The molecular formula is C16H25FN2O2. The molecule has 1 aromatic carbocycles. The third-order valence-corrected chi connectivity index (χ3v) is 2.96. The molecule has 1 N–H and O–H groups in total. The molecule has 0 heterocycles. The van der Waals surface area contributed by atoms with Crippen LogP contribution in [0.4, 0.5) is 4.39 Å². The number of carbonyl (C=O) groups excluding carboxylic acids is 1. The lowest BCUT2D eigenvalue weighted by Gasteiger charge is -2.14. The molecular weight excluding hydrogens is 271 g/mol. The summed E-state index contributed by atoms with van der Waals surface area (Å²) in [5, 5.41) is 3.26. The van der Waals surface area contributed by atoms with Crippen molar-refractivity contribution in [1.82, 2.24) is 10.2 Å². The minimum absolute atomic E-state index is 0.0107. The van der Waals surface area contributed by atoms with Gasteiger partial charge in [-0.05, 0) is 30.7 Å². The Morgan fingerprint density at radius 1 is 1.38 bits per heavy atom. The fourth-order valence-electron chi connectivity index (χ4n) is 1.79. The molecule has 1 rings (SSSR count). The Labute approximate surface area is 126 Å². The monoisotopic (exact) mass is 296 g/mol. The number of halogens is 1. The van der Waals surface area contributed by atoms with Crippen LogP contribution in [0.2, 0.25) is 0 Å². The minimum atomic E-state index is -0.284. The van der Waals surface area contributed by atoms with Crippen LogP contribution in [-0.2, 0) is 11.3 Å². The molecule has 0 aliphatic rings. The van der Waals surface area contributed by atoms with Gasteiger partial charge in [0.2, 0.25) is 5.91 Å². The summed E-state index contributed by atoms with van der Waals surface area (Å²) in [4.78, 5) is 13.0. The molecule has 1 aromatic rings. The summed E-state index contributed by atoms with van der Waals surface area (Å²) >= 11 is 0. The van der Waals surface area contributed by atoms with Crippen molar-refractivity contribution in [3.8, 4) is 5.75 Å². The van der Waals surface area contributed by atoms with Crippen LogP contribution in [0, 0.1) is 11.7 Å². The van der Waals surface area contributed by atoms with Gasteiger partial charge in [0.1, 0.15) is 11.6 Å². The van der Waals surface area contributed by atoms with Crippen molar-refractivity contribution in [3.05, 3.63) is 29.6 Å². The molecule has 4 nitrogen and oxygen atoms in total. The van der Waals surface area contributed by atoms with E-state index in [1.165, 1.54) is 17.0 Å². The second-order valence-electron chi connectivity index (χ2n) is 5.66. The first-order valence-electron chi connectivity index (χ1n) is 7.22. The van der Waals surface area contributed by atoms with Gasteiger partial charge in [0.05, 0.1) is 13.0 Å². The maximum atomic E-state index is 13.3. The lowest BCUT2D eigenvalue weighted by Crippen LogP contribution is -2.23. The Bertz CT molecular complexity index is 462. The van der Waals surface area contributed by atoms with Crippen LogP contribution in [0.1, 0.15) is 25.8 Å². The molecule has 21 heavy (non-hydrogen) atoms. The number of benzene rings is 1. The highest BCUT2D eigenvalue weighted by atomic mass is 19.1. The highest BCUT2D eigenvalue weighted by Crippen LogP contribution is 2.20. The molecule has 1 amide bonds. The second kappa shape index (κ2) is 8.62. The van der Waals surface area contributed by atoms with Crippen LogP contribution >= 0.6 is 0 Å². The van der Waals surface area contributed by atoms with Gasteiger partial charge in [0.15, 0.2) is 0 Å². The highest BCUT2D eigenvalue weighted by Gasteiger charge is 2.08. The zero-order valence-corrected chi connectivity index (χ0v) is 13.3. The van der Waals surface area contributed by atoms with E-state index in [0.717, 1.165) is 12.1 Å². The number of amides is 1. The maximum Gasteiger partial charge on any atom is 0.225 e. The SMILES string of the molecule is CC(C)CNCc1cc(F)ccc1OCCC(=O)N(C)C. The van der Waals surface area contributed by atoms with Crippen LogP contribution in [0.5, 0.6) is 5.75 Å². The maximum absolute atomic E-state index is 13.3. The Morgan fingerprint density at radius 2 is 2.10 bits per heavy atom. The first-order valence-corrected chi connectivity index (χ1v) is 7.22. The van der Waals surface area contributed by atoms with Crippen molar-refractivity contribution in [2.75, 3.05) is 27.2 Å². The van der Waals surface area contributed by atoms with Gasteiger partial charge in [-0.2, -0.15) is 0 Å². The minimum Gasteiger partial charge on any atom is -0.493 e. The molecule has 118 valence electrons. The van der Waals surface area contributed by atoms with Crippen molar-refractivity contribution < 1.29 is 13.9 Å². The molecule has 0 aliphatic carbocycles. The molecule has 0 aliphatic heterocycles. The van der Waals surface area contributed by atoms with Crippen molar-refractivity contribution in [2.45, 2.75) is 26.8 Å². The third kappa shape index (κ3) is 6.58. The number of carbonyl (C=O) groups is 1. The zero-order valence-electron chi connectivity index (χ0n) is 13.3. The van der Waals surface area contributed by atoms with Crippen molar-refractivity contribution >= 4 is 5.91 Å². The van der Waals surface area contributed by atoms with Crippen LogP contribution < -0.4 is 10.1 Å². The van der Waals surface area contributed by atoms with Gasteiger partial charge in [-0.1, -0.05) is 13.8 Å². The van der Waals surface area contributed by atoms with Crippen LogP contribution in [0.25, 0.3) is 0 Å². The molecule has 0 fully saturated rings. The van der Waals surface area contributed by atoms with Gasteiger partial charge >= 0.3 is 0 Å². The molecule has 0 saturated heterocycles. The molecule has 5 heteroatoms. The van der Waals surface area contributed by atoms with E-state index in [1.54, 1.807) is 20.2 Å². The van der Waals surface area contributed by atoms with Crippen LogP contribution in [-0.4, -0.2) is 38.1 Å². The van der Waals surface area contributed by atoms with E-state index in [0.29, 0.717) is 31.2 Å². The summed E-state index contributed by atoms with van der Waals surface area (Å²) < 4.78 is 19.0. The van der Waals surface area contributed by atoms with Gasteiger partial charge in [-0.15, -0.1) is 0 Å². The second-order valence-corrected chi connectivity index (χ2v) is 5.66. The number of nitrogens with one attached hydrogen (secondary N) is 1. The topological polar surface area (TPSA) is 41.6 Å². The molecule has 0 bridgehead atoms. The van der Waals surface area contributed by atoms with E-state index in [2.05, 4.69) is 19.2 Å². The van der Waals surface area contributed by atoms with Gasteiger partial charge in [0, 0.05) is 26.2 Å². The predicted octanol–water partition coefficient (Wildman–Crippen LogP) is 2.43. The average molecular weight is 296 g/mol. The Morgan fingerprint density at radius 3 is 2.71 bits per heavy atom. The normalized spacial score (nSPS) is 10.8. The third-order valence-electron chi connectivity index (χ3n) is 2.96. The van der Waals surface area contributed by atoms with E-state index in [9.17, 15) is 9.18 Å². The number of rotatable bonds is 8. The first-order chi connectivity index (χ1) is 9.90. The van der Waals surface area contributed by atoms with Gasteiger partial charge in [-0.25, -0.2) is 4.39 Å². The molecule has 0 aromatic heterocycles. The lowest BCUT2D eigenvalue weighted by atomic mass is 10.1. The summed E-state index contributed by atoms with van der Waals surface area (Å²) in [7, 11) is 3.42. The van der Waals surface area contributed by atoms with E-state index in [1.807, 2.05) is 0 Å². The number of hydrogen-bond donors (Lipinski definition) is 1. The lowest BCUT2D eigenvalue weighted by molar-refractivity contribution is -0.129. The fourth-order valence-corrected chi connectivity index (χ4v) is 1.79. The van der Waals surface area contributed by atoms with Crippen molar-refractivity contribution in [1.29, 1.82) is 0 Å². The van der Waals surface area contributed by atoms with E-state index in [4.69, 9.17) is 4.74 Å². The summed E-state index contributed by atoms with van der Waals surface area (Å²) in [6, 6.07) is 4.45.